The molecule has 0 saturated carbocycles. The van der Waals surface area contributed by atoms with Crippen molar-refractivity contribution in [3.8, 4) is 11.8 Å². The maximum atomic E-state index is 12.4. The van der Waals surface area contributed by atoms with Crippen LogP contribution in [0, 0.1) is 11.3 Å². The monoisotopic (exact) mass is 384 g/mol. The molecule has 2 aliphatic rings. The third-order valence-corrected chi connectivity index (χ3v) is 5.36. The number of rotatable bonds is 6. The fourth-order valence-electron chi connectivity index (χ4n) is 3.62. The predicted octanol–water partition coefficient (Wildman–Crippen LogP) is 1.29. The highest BCUT2D eigenvalue weighted by atomic mass is 16.5. The number of hydrogen-bond acceptors (Lipinski definition) is 5. The number of ether oxygens (including phenoxy) is 1. The number of carbonyl (C=O) groups is 2. The molecule has 1 aromatic carbocycles. The highest BCUT2D eigenvalue weighted by molar-refractivity contribution is 5.79. The van der Waals surface area contributed by atoms with Crippen LogP contribution in [0.25, 0.3) is 0 Å². The summed E-state index contributed by atoms with van der Waals surface area (Å²) in [5, 5.41) is 8.69. The predicted molar refractivity (Wildman–Crippen MR) is 105 cm³/mol. The van der Waals surface area contributed by atoms with E-state index in [1.165, 1.54) is 6.42 Å². The molecular weight excluding hydrogens is 356 g/mol. The molecule has 7 heteroatoms. The number of likely N-dealkylation sites (tertiary alicyclic amines) is 1. The zero-order chi connectivity index (χ0) is 19.8. The molecule has 0 radical (unpaired) electrons. The van der Waals surface area contributed by atoms with E-state index in [9.17, 15) is 9.59 Å². The molecule has 2 fully saturated rings. The summed E-state index contributed by atoms with van der Waals surface area (Å²) < 4.78 is 5.58. The van der Waals surface area contributed by atoms with Gasteiger partial charge in [-0.1, -0.05) is 12.1 Å². The Balaban J connectivity index is 1.37. The molecule has 28 heavy (non-hydrogen) atoms. The number of hydrogen-bond donors (Lipinski definition) is 0. The van der Waals surface area contributed by atoms with Crippen LogP contribution in [-0.2, 0) is 16.0 Å². The van der Waals surface area contributed by atoms with Crippen molar-refractivity contribution in [2.24, 2.45) is 0 Å². The molecule has 0 aliphatic carbocycles. The number of nitrogens with zero attached hydrogens (tertiary/aromatic N) is 4. The second-order valence-corrected chi connectivity index (χ2v) is 7.37. The highest BCUT2D eigenvalue weighted by Crippen LogP contribution is 2.13. The standard InChI is InChI=1S/C21H28N4O3/c22-9-8-18-4-6-19(7-5-18)28-17-21(27)25-14-12-23(13-15-25)16-20(26)24-10-2-1-3-11-24/h4-7H,1-3,8,10-17H2. The summed E-state index contributed by atoms with van der Waals surface area (Å²) in [6.45, 7) is 4.89. The summed E-state index contributed by atoms with van der Waals surface area (Å²) >= 11 is 0. The van der Waals surface area contributed by atoms with Gasteiger partial charge in [-0.3, -0.25) is 14.5 Å². The maximum Gasteiger partial charge on any atom is 0.260 e. The number of piperazine rings is 1. The molecule has 150 valence electrons. The van der Waals surface area contributed by atoms with Crippen molar-refractivity contribution in [2.75, 3.05) is 52.4 Å². The van der Waals surface area contributed by atoms with Gasteiger partial charge in [0.15, 0.2) is 6.61 Å². The van der Waals surface area contributed by atoms with Crippen molar-refractivity contribution in [3.05, 3.63) is 29.8 Å². The van der Waals surface area contributed by atoms with E-state index in [4.69, 9.17) is 10.00 Å². The molecule has 1 aromatic rings. The third-order valence-electron chi connectivity index (χ3n) is 5.36. The second kappa shape index (κ2) is 10.1. The molecule has 2 amide bonds. The Kier molecular flexibility index (Phi) is 7.26. The first kappa shape index (κ1) is 20.2. The summed E-state index contributed by atoms with van der Waals surface area (Å²) in [6, 6.07) is 9.33. The molecule has 0 atom stereocenters. The smallest absolute Gasteiger partial charge is 0.260 e. The van der Waals surface area contributed by atoms with Crippen LogP contribution >= 0.6 is 0 Å². The lowest BCUT2D eigenvalue weighted by molar-refractivity contribution is -0.136. The largest absolute Gasteiger partial charge is 0.484 e. The van der Waals surface area contributed by atoms with Crippen LogP contribution in [0.15, 0.2) is 24.3 Å². The quantitative estimate of drug-likeness (QED) is 0.739. The zero-order valence-corrected chi connectivity index (χ0v) is 16.3. The van der Waals surface area contributed by atoms with Gasteiger partial charge in [0.1, 0.15) is 5.75 Å². The van der Waals surface area contributed by atoms with E-state index in [2.05, 4.69) is 11.0 Å². The van der Waals surface area contributed by atoms with Gasteiger partial charge in [-0.25, -0.2) is 0 Å². The Morgan fingerprint density at radius 3 is 2.18 bits per heavy atom. The second-order valence-electron chi connectivity index (χ2n) is 7.37. The molecule has 2 heterocycles. The SMILES string of the molecule is N#CCc1ccc(OCC(=O)N2CCN(CC(=O)N3CCCCC3)CC2)cc1. The van der Waals surface area contributed by atoms with Gasteiger partial charge in [0, 0.05) is 39.3 Å². The van der Waals surface area contributed by atoms with Crippen molar-refractivity contribution in [3.63, 3.8) is 0 Å². The lowest BCUT2D eigenvalue weighted by Gasteiger charge is -2.36. The van der Waals surface area contributed by atoms with Gasteiger partial charge >= 0.3 is 0 Å². The van der Waals surface area contributed by atoms with E-state index < -0.39 is 0 Å². The summed E-state index contributed by atoms with van der Waals surface area (Å²) in [7, 11) is 0. The number of carbonyl (C=O) groups excluding carboxylic acids is 2. The topological polar surface area (TPSA) is 76.9 Å². The molecule has 2 aliphatic heterocycles. The fourth-order valence-corrected chi connectivity index (χ4v) is 3.62. The van der Waals surface area contributed by atoms with Crippen molar-refractivity contribution in [1.29, 1.82) is 5.26 Å². The summed E-state index contributed by atoms with van der Waals surface area (Å²) in [5.41, 5.74) is 0.927. The minimum absolute atomic E-state index is 0.00427. The normalized spacial score (nSPS) is 17.8. The maximum absolute atomic E-state index is 12.4. The molecule has 2 saturated heterocycles. The van der Waals surface area contributed by atoms with E-state index in [-0.39, 0.29) is 18.4 Å². The van der Waals surface area contributed by atoms with Gasteiger partial charge in [-0.05, 0) is 37.0 Å². The number of amides is 2. The van der Waals surface area contributed by atoms with Crippen molar-refractivity contribution in [1.82, 2.24) is 14.7 Å². The summed E-state index contributed by atoms with van der Waals surface area (Å²) in [4.78, 5) is 30.7. The van der Waals surface area contributed by atoms with Gasteiger partial charge in [0.25, 0.3) is 5.91 Å². The van der Waals surface area contributed by atoms with Crippen molar-refractivity contribution >= 4 is 11.8 Å². The number of benzene rings is 1. The Bertz CT molecular complexity index is 699. The van der Waals surface area contributed by atoms with E-state index in [1.54, 1.807) is 17.0 Å². The van der Waals surface area contributed by atoms with E-state index in [0.717, 1.165) is 31.5 Å². The molecule has 0 unspecified atom stereocenters. The van der Waals surface area contributed by atoms with Crippen molar-refractivity contribution < 1.29 is 14.3 Å². The first-order valence-corrected chi connectivity index (χ1v) is 10.0. The number of nitriles is 1. The fraction of sp³-hybridized carbons (Fsp3) is 0.571. The minimum atomic E-state index is -0.0388. The molecule has 0 N–H and O–H groups in total. The first-order chi connectivity index (χ1) is 13.7. The average Bonchev–Trinajstić information content (AvgIpc) is 2.74. The Morgan fingerprint density at radius 1 is 0.893 bits per heavy atom. The molecule has 7 nitrogen and oxygen atoms in total. The van der Waals surface area contributed by atoms with Crippen molar-refractivity contribution in [2.45, 2.75) is 25.7 Å². The zero-order valence-electron chi connectivity index (χ0n) is 16.3. The summed E-state index contributed by atoms with van der Waals surface area (Å²) in [5.74, 6) is 0.798. The molecule has 0 aromatic heterocycles. The minimum Gasteiger partial charge on any atom is -0.484 e. The Labute approximate surface area is 166 Å². The summed E-state index contributed by atoms with van der Waals surface area (Å²) in [6.07, 6.45) is 3.80. The van der Waals surface area contributed by atoms with Gasteiger partial charge in [0.05, 0.1) is 19.0 Å². The van der Waals surface area contributed by atoms with Crippen LogP contribution in [0.4, 0.5) is 0 Å². The van der Waals surface area contributed by atoms with Crippen LogP contribution in [0.5, 0.6) is 5.75 Å². The van der Waals surface area contributed by atoms with Gasteiger partial charge in [-0.15, -0.1) is 0 Å². The number of piperidine rings is 1. The van der Waals surface area contributed by atoms with Crippen LogP contribution in [-0.4, -0.2) is 78.9 Å². The van der Waals surface area contributed by atoms with E-state index in [1.807, 2.05) is 17.0 Å². The van der Waals surface area contributed by atoms with Gasteiger partial charge < -0.3 is 14.5 Å². The molecule has 0 spiro atoms. The highest BCUT2D eigenvalue weighted by Gasteiger charge is 2.25. The lowest BCUT2D eigenvalue weighted by atomic mass is 10.1. The van der Waals surface area contributed by atoms with E-state index >= 15 is 0 Å². The Morgan fingerprint density at radius 2 is 1.54 bits per heavy atom. The van der Waals surface area contributed by atoms with Crippen LogP contribution < -0.4 is 4.74 Å². The Hall–Kier alpha value is -2.59. The molecule has 0 bridgehead atoms. The first-order valence-electron chi connectivity index (χ1n) is 10.0. The average molecular weight is 384 g/mol. The van der Waals surface area contributed by atoms with Crippen LogP contribution in [0.2, 0.25) is 0 Å². The van der Waals surface area contributed by atoms with Gasteiger partial charge in [-0.2, -0.15) is 5.26 Å². The molecule has 3 rings (SSSR count). The van der Waals surface area contributed by atoms with Crippen LogP contribution in [0.1, 0.15) is 24.8 Å². The lowest BCUT2D eigenvalue weighted by Crippen LogP contribution is -2.52. The van der Waals surface area contributed by atoms with E-state index in [0.29, 0.717) is 44.9 Å². The van der Waals surface area contributed by atoms with Crippen LogP contribution in [0.3, 0.4) is 0 Å². The molecular formula is C21H28N4O3. The third kappa shape index (κ3) is 5.70. The van der Waals surface area contributed by atoms with Gasteiger partial charge in [0.2, 0.25) is 5.91 Å².